The van der Waals surface area contributed by atoms with E-state index in [2.05, 4.69) is 4.90 Å². The molecule has 1 fully saturated rings. The summed E-state index contributed by atoms with van der Waals surface area (Å²) in [6.45, 7) is 6.23. The van der Waals surface area contributed by atoms with Crippen LogP contribution in [-0.2, 0) is 4.79 Å². The average molecular weight is 278 g/mol. The first-order valence-electron chi connectivity index (χ1n) is 6.63. The van der Waals surface area contributed by atoms with E-state index in [0.29, 0.717) is 19.5 Å². The molecule has 0 radical (unpaired) electrons. The molecule has 1 rings (SSSR count). The number of hydrogen-bond donors (Lipinski definition) is 3. The van der Waals surface area contributed by atoms with E-state index >= 15 is 0 Å². The van der Waals surface area contributed by atoms with E-state index in [1.165, 1.54) is 0 Å². The van der Waals surface area contributed by atoms with Gasteiger partial charge in [0.05, 0.1) is 39.3 Å². The largest absolute Gasteiger partial charge is 0.870 e. The Bertz CT molecular complexity index is 255. The molecule has 0 atom stereocenters. The van der Waals surface area contributed by atoms with Gasteiger partial charge >= 0.3 is 5.97 Å². The molecule has 0 bridgehead atoms. The highest BCUT2D eigenvalue weighted by Crippen LogP contribution is 2.14. The lowest BCUT2D eigenvalue weighted by molar-refractivity contribution is -0.932. The molecule has 4 N–H and O–H groups in total. The van der Waals surface area contributed by atoms with E-state index in [1.807, 2.05) is 0 Å². The van der Waals surface area contributed by atoms with Crippen molar-refractivity contribution in [3.05, 3.63) is 0 Å². The summed E-state index contributed by atoms with van der Waals surface area (Å²) in [7, 11) is 0. The van der Waals surface area contributed by atoms with Crippen LogP contribution < -0.4 is 0 Å². The predicted molar refractivity (Wildman–Crippen MR) is 69.1 cm³/mol. The smallest absolute Gasteiger partial charge is 0.303 e. The van der Waals surface area contributed by atoms with Crippen LogP contribution in [0.2, 0.25) is 0 Å². The SMILES string of the molecule is O=C(O)CCC[N+]1(CCO)CCN(CCO)CC1.[OH-]. The molecule has 0 aliphatic carbocycles. The van der Waals surface area contributed by atoms with Crippen LogP contribution in [0.3, 0.4) is 0 Å². The molecule has 0 aromatic heterocycles. The van der Waals surface area contributed by atoms with Gasteiger partial charge in [-0.3, -0.25) is 9.69 Å². The van der Waals surface area contributed by atoms with Gasteiger partial charge in [0.25, 0.3) is 0 Å². The first-order valence-corrected chi connectivity index (χ1v) is 6.63. The topological polar surface area (TPSA) is 111 Å². The molecule has 7 nitrogen and oxygen atoms in total. The van der Waals surface area contributed by atoms with Crippen molar-refractivity contribution < 1.29 is 30.1 Å². The minimum atomic E-state index is -0.754. The third kappa shape index (κ3) is 6.31. The summed E-state index contributed by atoms with van der Waals surface area (Å²) >= 11 is 0. The predicted octanol–water partition coefficient (Wildman–Crippen LogP) is -1.21. The number of hydrogen-bond acceptors (Lipinski definition) is 5. The summed E-state index contributed by atoms with van der Waals surface area (Å²) in [6.07, 6.45) is 0.862. The van der Waals surface area contributed by atoms with Crippen molar-refractivity contribution in [1.29, 1.82) is 0 Å². The number of aliphatic hydroxyl groups is 2. The highest BCUT2D eigenvalue weighted by molar-refractivity contribution is 5.66. The second-order valence-corrected chi connectivity index (χ2v) is 5.02. The lowest BCUT2D eigenvalue weighted by Gasteiger charge is -2.44. The molecule has 1 heterocycles. The molecule has 1 aliphatic heterocycles. The van der Waals surface area contributed by atoms with Gasteiger partial charge in [-0.1, -0.05) is 0 Å². The van der Waals surface area contributed by atoms with Crippen molar-refractivity contribution in [2.45, 2.75) is 12.8 Å². The van der Waals surface area contributed by atoms with Gasteiger partial charge in [0.1, 0.15) is 6.54 Å². The summed E-state index contributed by atoms with van der Waals surface area (Å²) in [4.78, 5) is 12.8. The summed E-state index contributed by atoms with van der Waals surface area (Å²) in [6, 6.07) is 0. The van der Waals surface area contributed by atoms with E-state index in [0.717, 1.165) is 37.2 Å². The van der Waals surface area contributed by atoms with Crippen LogP contribution in [0.15, 0.2) is 0 Å². The molecule has 0 spiro atoms. The number of aliphatic hydroxyl groups excluding tert-OH is 2. The number of quaternary nitrogens is 1. The Morgan fingerprint density at radius 3 is 2.21 bits per heavy atom. The van der Waals surface area contributed by atoms with Crippen molar-refractivity contribution in [3.63, 3.8) is 0 Å². The van der Waals surface area contributed by atoms with Gasteiger partial charge in [0, 0.05) is 26.1 Å². The third-order valence-electron chi connectivity index (χ3n) is 3.79. The Morgan fingerprint density at radius 2 is 1.74 bits per heavy atom. The highest BCUT2D eigenvalue weighted by atomic mass is 16.4. The lowest BCUT2D eigenvalue weighted by atomic mass is 10.2. The Labute approximate surface area is 114 Å². The first-order chi connectivity index (χ1) is 8.62. The maximum Gasteiger partial charge on any atom is 0.303 e. The molecular formula is C12H26N2O5. The van der Waals surface area contributed by atoms with Gasteiger partial charge in [-0.05, 0) is 0 Å². The molecule has 7 heteroatoms. The van der Waals surface area contributed by atoms with Gasteiger partial charge < -0.3 is 25.3 Å². The maximum absolute atomic E-state index is 10.5. The standard InChI is InChI=1S/C12H24N2O4.H2O/c15-10-5-13-3-7-14(8-4-13,9-11-16)6-1-2-12(17)18;/h15-16H,1-11H2;1H2. The minimum Gasteiger partial charge on any atom is -0.870 e. The van der Waals surface area contributed by atoms with Crippen LogP contribution >= 0.6 is 0 Å². The van der Waals surface area contributed by atoms with Gasteiger partial charge in [-0.2, -0.15) is 0 Å². The Morgan fingerprint density at radius 1 is 1.11 bits per heavy atom. The van der Waals surface area contributed by atoms with Gasteiger partial charge in [-0.15, -0.1) is 0 Å². The van der Waals surface area contributed by atoms with E-state index in [4.69, 9.17) is 10.2 Å². The lowest BCUT2D eigenvalue weighted by Crippen LogP contribution is -2.61. The number of carboxylic acids is 1. The molecule has 0 aromatic rings. The zero-order valence-electron chi connectivity index (χ0n) is 11.4. The number of nitrogens with zero attached hydrogens (tertiary/aromatic N) is 2. The molecule has 0 aromatic carbocycles. The van der Waals surface area contributed by atoms with Crippen molar-refractivity contribution in [2.24, 2.45) is 0 Å². The molecule has 114 valence electrons. The van der Waals surface area contributed by atoms with Crippen molar-refractivity contribution in [1.82, 2.24) is 4.90 Å². The molecule has 1 saturated heterocycles. The number of carboxylic acid groups (broad SMARTS) is 1. The molecule has 0 saturated carbocycles. The van der Waals surface area contributed by atoms with Gasteiger partial charge in [0.2, 0.25) is 0 Å². The van der Waals surface area contributed by atoms with Crippen LogP contribution in [-0.4, -0.2) is 95.2 Å². The van der Waals surface area contributed by atoms with Crippen LogP contribution in [0.1, 0.15) is 12.8 Å². The van der Waals surface area contributed by atoms with Gasteiger partial charge in [0.15, 0.2) is 0 Å². The van der Waals surface area contributed by atoms with E-state index in [1.54, 1.807) is 0 Å². The second-order valence-electron chi connectivity index (χ2n) is 5.02. The number of carbonyl (C=O) groups is 1. The average Bonchev–Trinajstić information content (AvgIpc) is 2.32. The zero-order valence-corrected chi connectivity index (χ0v) is 11.4. The fourth-order valence-electron chi connectivity index (χ4n) is 2.63. The molecule has 19 heavy (non-hydrogen) atoms. The number of piperazine rings is 1. The quantitative estimate of drug-likeness (QED) is 0.481. The first kappa shape index (κ1) is 18.3. The van der Waals surface area contributed by atoms with Crippen molar-refractivity contribution >= 4 is 5.97 Å². The number of rotatable bonds is 8. The number of aliphatic carboxylic acids is 1. The zero-order chi connectivity index (χ0) is 13.4. The Balaban J connectivity index is 0.00000324. The van der Waals surface area contributed by atoms with Crippen LogP contribution in [0.5, 0.6) is 0 Å². The highest BCUT2D eigenvalue weighted by Gasteiger charge is 2.31. The summed E-state index contributed by atoms with van der Waals surface area (Å²) in [5.41, 5.74) is 0. The third-order valence-corrected chi connectivity index (χ3v) is 3.79. The Kier molecular flexibility index (Phi) is 8.86. The molecule has 0 amide bonds. The summed E-state index contributed by atoms with van der Waals surface area (Å²) in [5, 5.41) is 26.8. The molecule has 1 aliphatic rings. The van der Waals surface area contributed by atoms with Crippen molar-refractivity contribution in [3.8, 4) is 0 Å². The second kappa shape index (κ2) is 9.22. The molecular weight excluding hydrogens is 252 g/mol. The summed E-state index contributed by atoms with van der Waals surface area (Å²) < 4.78 is 0.811. The fraction of sp³-hybridized carbons (Fsp3) is 0.917. The summed E-state index contributed by atoms with van der Waals surface area (Å²) in [5.74, 6) is -0.754. The monoisotopic (exact) mass is 278 g/mol. The van der Waals surface area contributed by atoms with Gasteiger partial charge in [-0.25, -0.2) is 0 Å². The van der Waals surface area contributed by atoms with Crippen LogP contribution in [0.4, 0.5) is 0 Å². The van der Waals surface area contributed by atoms with Crippen molar-refractivity contribution in [2.75, 3.05) is 59.0 Å². The van der Waals surface area contributed by atoms with E-state index in [9.17, 15) is 9.90 Å². The Hall–Kier alpha value is -0.730. The normalized spacial score (nSPS) is 18.8. The minimum absolute atomic E-state index is 0. The fourth-order valence-corrected chi connectivity index (χ4v) is 2.63. The number of β-amino-alcohol motifs (C(OH)–C–C–N with tert-alkyl or cyclic N) is 1. The maximum atomic E-state index is 10.5. The molecule has 0 unspecified atom stereocenters. The van der Waals surface area contributed by atoms with Crippen LogP contribution in [0.25, 0.3) is 0 Å². The van der Waals surface area contributed by atoms with Crippen LogP contribution in [0, 0.1) is 0 Å². The van der Waals surface area contributed by atoms with E-state index < -0.39 is 5.97 Å². The van der Waals surface area contributed by atoms with E-state index in [-0.39, 0.29) is 25.1 Å².